The molecule has 6 nitrogen and oxygen atoms in total. The molecule has 0 spiro atoms. The van der Waals surface area contributed by atoms with Crippen LogP contribution in [-0.4, -0.2) is 26.2 Å². The highest BCUT2D eigenvalue weighted by Crippen LogP contribution is 2.27. The first kappa shape index (κ1) is 20.9. The SMILES string of the molecule is CCc1ccc(NC(=O)CSc2nc3c(-c4ccccc4)c[nH]c3c(=O)n2CC)cc1. The largest absolute Gasteiger partial charge is 0.355 e. The first-order valence-electron chi connectivity index (χ1n) is 10.3. The van der Waals surface area contributed by atoms with Gasteiger partial charge in [0.05, 0.1) is 5.75 Å². The molecule has 2 aromatic heterocycles. The van der Waals surface area contributed by atoms with E-state index < -0.39 is 0 Å². The summed E-state index contributed by atoms with van der Waals surface area (Å²) in [7, 11) is 0. The second-order valence-corrected chi connectivity index (χ2v) is 8.07. The number of aromatic nitrogens is 3. The van der Waals surface area contributed by atoms with Crippen LogP contribution in [0.3, 0.4) is 0 Å². The molecule has 0 saturated heterocycles. The average Bonchev–Trinajstić information content (AvgIpc) is 3.23. The zero-order valence-corrected chi connectivity index (χ0v) is 18.3. The molecule has 7 heteroatoms. The van der Waals surface area contributed by atoms with Crippen molar-refractivity contribution in [2.75, 3.05) is 11.1 Å². The summed E-state index contributed by atoms with van der Waals surface area (Å²) >= 11 is 1.27. The molecular formula is C24H24N4O2S. The van der Waals surface area contributed by atoms with Gasteiger partial charge >= 0.3 is 0 Å². The fourth-order valence-electron chi connectivity index (χ4n) is 3.45. The van der Waals surface area contributed by atoms with Crippen LogP contribution in [0.15, 0.2) is 70.7 Å². The number of amides is 1. The number of carbonyl (C=O) groups is 1. The van der Waals surface area contributed by atoms with Gasteiger partial charge in [0.15, 0.2) is 5.16 Å². The Kier molecular flexibility index (Phi) is 6.23. The lowest BCUT2D eigenvalue weighted by Crippen LogP contribution is -2.23. The van der Waals surface area contributed by atoms with Crippen molar-refractivity contribution >= 4 is 34.4 Å². The summed E-state index contributed by atoms with van der Waals surface area (Å²) in [4.78, 5) is 33.3. The highest BCUT2D eigenvalue weighted by Gasteiger charge is 2.17. The molecule has 0 saturated carbocycles. The summed E-state index contributed by atoms with van der Waals surface area (Å²) < 4.78 is 1.60. The van der Waals surface area contributed by atoms with E-state index in [1.54, 1.807) is 4.57 Å². The van der Waals surface area contributed by atoms with E-state index >= 15 is 0 Å². The van der Waals surface area contributed by atoms with Crippen molar-refractivity contribution in [3.05, 3.63) is 76.7 Å². The second kappa shape index (κ2) is 9.22. The fraction of sp³-hybridized carbons (Fsp3) is 0.208. The molecule has 31 heavy (non-hydrogen) atoms. The number of thioether (sulfide) groups is 1. The molecule has 2 N–H and O–H groups in total. The van der Waals surface area contributed by atoms with Gasteiger partial charge in [0.1, 0.15) is 11.0 Å². The summed E-state index contributed by atoms with van der Waals surface area (Å²) in [5.74, 6) is 0.0297. The summed E-state index contributed by atoms with van der Waals surface area (Å²) in [6.07, 6.45) is 2.77. The normalized spacial score (nSPS) is 11.0. The van der Waals surface area contributed by atoms with Crippen LogP contribution < -0.4 is 10.9 Å². The van der Waals surface area contributed by atoms with Gasteiger partial charge in [-0.1, -0.05) is 61.2 Å². The van der Waals surface area contributed by atoms with Crippen molar-refractivity contribution in [2.24, 2.45) is 0 Å². The number of nitrogens with zero attached hydrogens (tertiary/aromatic N) is 2. The van der Waals surface area contributed by atoms with E-state index in [1.807, 2.05) is 67.7 Å². The fourth-order valence-corrected chi connectivity index (χ4v) is 4.31. The maximum Gasteiger partial charge on any atom is 0.278 e. The zero-order chi connectivity index (χ0) is 21.8. The lowest BCUT2D eigenvalue weighted by atomic mass is 10.1. The summed E-state index contributed by atoms with van der Waals surface area (Å²) in [6.45, 7) is 4.47. The molecule has 2 heterocycles. The molecule has 4 aromatic rings. The average molecular weight is 433 g/mol. The van der Waals surface area contributed by atoms with Gasteiger partial charge in [-0.15, -0.1) is 0 Å². The van der Waals surface area contributed by atoms with Crippen LogP contribution in [0, 0.1) is 0 Å². The molecule has 158 valence electrons. The van der Waals surface area contributed by atoms with Crippen LogP contribution in [0.25, 0.3) is 22.2 Å². The molecule has 0 unspecified atom stereocenters. The van der Waals surface area contributed by atoms with Gasteiger partial charge in [-0.05, 0) is 36.6 Å². The number of carbonyl (C=O) groups excluding carboxylic acids is 1. The lowest BCUT2D eigenvalue weighted by Gasteiger charge is -2.11. The number of hydrogen-bond donors (Lipinski definition) is 2. The van der Waals surface area contributed by atoms with Crippen LogP contribution in [0.4, 0.5) is 5.69 Å². The molecule has 0 aliphatic carbocycles. The number of anilines is 1. The Balaban J connectivity index is 1.58. The standard InChI is InChI=1S/C24H24N4O2S/c1-3-16-10-12-18(13-11-16)26-20(29)15-31-24-27-21-19(17-8-6-5-7-9-17)14-25-22(21)23(30)28(24)4-2/h5-14,25H,3-4,15H2,1-2H3,(H,26,29). The molecule has 1 amide bonds. The smallest absolute Gasteiger partial charge is 0.278 e. The predicted molar refractivity (Wildman–Crippen MR) is 127 cm³/mol. The number of rotatable bonds is 7. The van der Waals surface area contributed by atoms with E-state index in [9.17, 15) is 9.59 Å². The van der Waals surface area contributed by atoms with Crippen molar-refractivity contribution in [3.63, 3.8) is 0 Å². The van der Waals surface area contributed by atoms with Gasteiger partial charge in [-0.25, -0.2) is 4.98 Å². The number of aromatic amines is 1. The molecular weight excluding hydrogens is 408 g/mol. The molecule has 2 aromatic carbocycles. The number of hydrogen-bond acceptors (Lipinski definition) is 4. The second-order valence-electron chi connectivity index (χ2n) is 7.12. The quantitative estimate of drug-likeness (QED) is 0.328. The predicted octanol–water partition coefficient (Wildman–Crippen LogP) is 4.70. The van der Waals surface area contributed by atoms with E-state index in [0.29, 0.717) is 22.7 Å². The Morgan fingerprint density at radius 1 is 1.10 bits per heavy atom. The highest BCUT2D eigenvalue weighted by molar-refractivity contribution is 7.99. The minimum atomic E-state index is -0.136. The third kappa shape index (κ3) is 4.41. The first-order valence-corrected chi connectivity index (χ1v) is 11.3. The van der Waals surface area contributed by atoms with Gasteiger partial charge < -0.3 is 10.3 Å². The van der Waals surface area contributed by atoms with Crippen molar-refractivity contribution in [3.8, 4) is 11.1 Å². The van der Waals surface area contributed by atoms with E-state index in [4.69, 9.17) is 4.98 Å². The van der Waals surface area contributed by atoms with E-state index in [-0.39, 0.29) is 17.2 Å². The van der Waals surface area contributed by atoms with Crippen LogP contribution in [0.5, 0.6) is 0 Å². The minimum Gasteiger partial charge on any atom is -0.355 e. The molecule has 4 rings (SSSR count). The van der Waals surface area contributed by atoms with Crippen molar-refractivity contribution in [1.82, 2.24) is 14.5 Å². The maximum absolute atomic E-state index is 13.0. The Morgan fingerprint density at radius 3 is 2.52 bits per heavy atom. The topological polar surface area (TPSA) is 79.8 Å². The Morgan fingerprint density at radius 2 is 1.84 bits per heavy atom. The van der Waals surface area contributed by atoms with E-state index in [0.717, 1.165) is 23.2 Å². The van der Waals surface area contributed by atoms with Crippen LogP contribution in [0.2, 0.25) is 0 Å². The molecule has 0 radical (unpaired) electrons. The van der Waals surface area contributed by atoms with Crippen LogP contribution >= 0.6 is 11.8 Å². The van der Waals surface area contributed by atoms with Crippen LogP contribution in [-0.2, 0) is 17.8 Å². The third-order valence-electron chi connectivity index (χ3n) is 5.13. The first-order chi connectivity index (χ1) is 15.1. The molecule has 0 aliphatic heterocycles. The van der Waals surface area contributed by atoms with Gasteiger partial charge in [-0.2, -0.15) is 0 Å². The Hall–Kier alpha value is -3.32. The summed E-state index contributed by atoms with van der Waals surface area (Å²) in [6, 6.07) is 17.6. The number of fused-ring (bicyclic) bond motifs is 1. The van der Waals surface area contributed by atoms with E-state index in [2.05, 4.69) is 17.2 Å². The maximum atomic E-state index is 13.0. The molecule has 0 bridgehead atoms. The van der Waals surface area contributed by atoms with Crippen molar-refractivity contribution < 1.29 is 4.79 Å². The molecule has 0 atom stereocenters. The zero-order valence-electron chi connectivity index (χ0n) is 17.5. The number of aryl methyl sites for hydroxylation is 1. The molecule has 0 aliphatic rings. The van der Waals surface area contributed by atoms with Crippen molar-refractivity contribution in [1.29, 1.82) is 0 Å². The third-order valence-corrected chi connectivity index (χ3v) is 6.11. The minimum absolute atomic E-state index is 0.132. The van der Waals surface area contributed by atoms with Gasteiger partial charge in [0, 0.05) is 24.0 Å². The summed E-state index contributed by atoms with van der Waals surface area (Å²) in [5.41, 5.74) is 4.81. The number of benzene rings is 2. The molecule has 0 fully saturated rings. The van der Waals surface area contributed by atoms with Gasteiger partial charge in [0.2, 0.25) is 5.91 Å². The van der Waals surface area contributed by atoms with Crippen LogP contribution in [0.1, 0.15) is 19.4 Å². The lowest BCUT2D eigenvalue weighted by molar-refractivity contribution is -0.113. The highest BCUT2D eigenvalue weighted by atomic mass is 32.2. The number of H-pyrrole nitrogens is 1. The summed E-state index contributed by atoms with van der Waals surface area (Å²) in [5, 5.41) is 3.44. The van der Waals surface area contributed by atoms with Gasteiger partial charge in [-0.3, -0.25) is 14.2 Å². The Labute approximate surface area is 184 Å². The monoisotopic (exact) mass is 432 g/mol. The van der Waals surface area contributed by atoms with Crippen molar-refractivity contribution in [2.45, 2.75) is 32.0 Å². The van der Waals surface area contributed by atoms with Gasteiger partial charge in [0.25, 0.3) is 5.56 Å². The Bertz CT molecular complexity index is 1260. The number of nitrogens with one attached hydrogen (secondary N) is 2. The van der Waals surface area contributed by atoms with E-state index in [1.165, 1.54) is 17.3 Å².